The summed E-state index contributed by atoms with van der Waals surface area (Å²) < 4.78 is 6.33. The second-order valence-electron chi connectivity index (χ2n) is 6.61. The summed E-state index contributed by atoms with van der Waals surface area (Å²) in [4.78, 5) is 28.0. The van der Waals surface area contributed by atoms with E-state index in [4.69, 9.17) is 4.74 Å². The molecule has 0 spiro atoms. The fraction of sp³-hybridized carbons (Fsp3) is 0.333. The molecule has 5 rings (SSSR count). The second-order valence-corrected chi connectivity index (χ2v) is 7.86. The van der Waals surface area contributed by atoms with Crippen LogP contribution in [0.3, 0.4) is 0 Å². The number of nitrogens with one attached hydrogen (secondary N) is 1. The molecular formula is C18H16IN5O2. The number of rotatable bonds is 3. The van der Waals surface area contributed by atoms with Crippen molar-refractivity contribution in [1.29, 1.82) is 0 Å². The first-order valence-corrected chi connectivity index (χ1v) is 9.63. The van der Waals surface area contributed by atoms with Crippen LogP contribution in [-0.2, 0) is 22.4 Å². The van der Waals surface area contributed by atoms with E-state index in [1.807, 2.05) is 0 Å². The van der Waals surface area contributed by atoms with Gasteiger partial charge >= 0.3 is 0 Å². The molecule has 1 aromatic carbocycles. The number of hydrogen-bond acceptors (Lipinski definition) is 6. The van der Waals surface area contributed by atoms with Crippen LogP contribution in [-0.4, -0.2) is 47.4 Å². The van der Waals surface area contributed by atoms with Crippen molar-refractivity contribution in [2.24, 2.45) is 4.99 Å². The van der Waals surface area contributed by atoms with Gasteiger partial charge in [-0.25, -0.2) is 15.0 Å². The largest absolute Gasteiger partial charge is 0.377 e. The highest BCUT2D eigenvalue weighted by molar-refractivity contribution is 14.1. The quantitative estimate of drug-likeness (QED) is 0.707. The van der Waals surface area contributed by atoms with E-state index in [1.165, 1.54) is 9.13 Å². The number of halogens is 1. The third-order valence-corrected chi connectivity index (χ3v) is 5.56. The number of aromatic nitrogens is 2. The van der Waals surface area contributed by atoms with Gasteiger partial charge in [0, 0.05) is 22.2 Å². The van der Waals surface area contributed by atoms with Gasteiger partial charge in [0.1, 0.15) is 17.7 Å². The summed E-state index contributed by atoms with van der Waals surface area (Å²) in [7, 11) is 0. The molecule has 0 atom stereocenters. The minimum atomic E-state index is -0.140. The van der Waals surface area contributed by atoms with Gasteiger partial charge in [0.05, 0.1) is 24.9 Å². The standard InChI is InChI=1S/C18H16IN5O2/c19-11-1-2-15-10(5-11)3-4-24(15)17-16-13(20-9-21-17)6-14(23-16)18(25)22-12-7-26-8-12/h1-2,5,9,12H,3-4,6-8H2,(H,22,25). The topological polar surface area (TPSA) is 79.7 Å². The lowest BCUT2D eigenvalue weighted by Crippen LogP contribution is -2.50. The lowest BCUT2D eigenvalue weighted by atomic mass is 10.2. The van der Waals surface area contributed by atoms with Gasteiger partial charge < -0.3 is 15.0 Å². The minimum Gasteiger partial charge on any atom is -0.377 e. The van der Waals surface area contributed by atoms with Gasteiger partial charge in [-0.3, -0.25) is 4.79 Å². The lowest BCUT2D eigenvalue weighted by Gasteiger charge is -2.26. The van der Waals surface area contributed by atoms with E-state index in [0.29, 0.717) is 31.0 Å². The zero-order valence-corrected chi connectivity index (χ0v) is 16.1. The molecule has 8 heteroatoms. The molecule has 1 amide bonds. The average Bonchev–Trinajstić information content (AvgIpc) is 3.21. The SMILES string of the molecule is O=C(NC1COC1)C1=Nc2c(ncnc2N2CCc3cc(I)ccc32)C1. The lowest BCUT2D eigenvalue weighted by molar-refractivity contribution is -0.118. The Kier molecular flexibility index (Phi) is 3.89. The summed E-state index contributed by atoms with van der Waals surface area (Å²) in [5.74, 6) is 0.642. The molecule has 0 radical (unpaired) electrons. The molecule has 2 aromatic rings. The number of ether oxygens (including phenoxy) is 1. The normalized spacial score (nSPS) is 18.2. The average molecular weight is 461 g/mol. The summed E-state index contributed by atoms with van der Waals surface area (Å²) in [6.45, 7) is 2.00. The van der Waals surface area contributed by atoms with Crippen LogP contribution in [0, 0.1) is 3.57 Å². The number of hydrogen-bond donors (Lipinski definition) is 1. The molecule has 0 aliphatic carbocycles. The van der Waals surface area contributed by atoms with Crippen molar-refractivity contribution < 1.29 is 9.53 Å². The number of amides is 1. The van der Waals surface area contributed by atoms with Gasteiger partial charge in [0.2, 0.25) is 0 Å². The molecule has 0 unspecified atom stereocenters. The van der Waals surface area contributed by atoms with Crippen LogP contribution >= 0.6 is 22.6 Å². The van der Waals surface area contributed by atoms with Gasteiger partial charge in [0.15, 0.2) is 5.82 Å². The van der Waals surface area contributed by atoms with Crippen LogP contribution in [0.15, 0.2) is 29.5 Å². The fourth-order valence-electron chi connectivity index (χ4n) is 3.49. The molecular weight excluding hydrogens is 445 g/mol. The molecule has 0 saturated carbocycles. The summed E-state index contributed by atoms with van der Waals surface area (Å²) in [6, 6.07) is 6.52. The number of aliphatic imine (C=N–C) groups is 1. The van der Waals surface area contributed by atoms with E-state index in [2.05, 4.69) is 66.0 Å². The van der Waals surface area contributed by atoms with E-state index < -0.39 is 0 Å². The summed E-state index contributed by atoms with van der Waals surface area (Å²) in [5.41, 5.74) is 4.49. The zero-order valence-electron chi connectivity index (χ0n) is 13.9. The van der Waals surface area contributed by atoms with Crippen LogP contribution in [0.1, 0.15) is 11.3 Å². The van der Waals surface area contributed by atoms with E-state index in [-0.39, 0.29) is 11.9 Å². The summed E-state index contributed by atoms with van der Waals surface area (Å²) >= 11 is 2.33. The van der Waals surface area contributed by atoms with Crippen LogP contribution in [0.4, 0.5) is 17.2 Å². The van der Waals surface area contributed by atoms with Crippen LogP contribution in [0.2, 0.25) is 0 Å². The van der Waals surface area contributed by atoms with Crippen molar-refractivity contribution in [3.8, 4) is 0 Å². The molecule has 1 saturated heterocycles. The smallest absolute Gasteiger partial charge is 0.266 e. The molecule has 1 fully saturated rings. The van der Waals surface area contributed by atoms with E-state index in [1.54, 1.807) is 6.33 Å². The molecule has 0 bridgehead atoms. The maximum absolute atomic E-state index is 12.4. The van der Waals surface area contributed by atoms with Gasteiger partial charge in [-0.2, -0.15) is 0 Å². The number of nitrogens with zero attached hydrogens (tertiary/aromatic N) is 4. The van der Waals surface area contributed by atoms with E-state index in [0.717, 1.165) is 30.2 Å². The van der Waals surface area contributed by atoms with Crippen LogP contribution in [0.25, 0.3) is 0 Å². The van der Waals surface area contributed by atoms with Gasteiger partial charge in [-0.15, -0.1) is 0 Å². The van der Waals surface area contributed by atoms with Crippen molar-refractivity contribution in [2.75, 3.05) is 24.7 Å². The maximum atomic E-state index is 12.4. The van der Waals surface area contributed by atoms with Gasteiger partial charge in [-0.1, -0.05) is 0 Å². The molecule has 132 valence electrons. The van der Waals surface area contributed by atoms with Crippen molar-refractivity contribution in [2.45, 2.75) is 18.9 Å². The molecule has 1 N–H and O–H groups in total. The van der Waals surface area contributed by atoms with Crippen molar-refractivity contribution in [3.63, 3.8) is 0 Å². The Bertz CT molecular complexity index is 941. The molecule has 7 nitrogen and oxygen atoms in total. The first-order valence-electron chi connectivity index (χ1n) is 8.55. The predicted molar refractivity (Wildman–Crippen MR) is 105 cm³/mol. The Morgan fingerprint density at radius 3 is 3.00 bits per heavy atom. The van der Waals surface area contributed by atoms with Gasteiger partial charge in [0.25, 0.3) is 5.91 Å². The third kappa shape index (κ3) is 2.67. The maximum Gasteiger partial charge on any atom is 0.266 e. The van der Waals surface area contributed by atoms with E-state index in [9.17, 15) is 4.79 Å². The number of anilines is 2. The summed E-state index contributed by atoms with van der Waals surface area (Å²) in [6.07, 6.45) is 2.98. The van der Waals surface area contributed by atoms with Crippen molar-refractivity contribution >= 4 is 51.4 Å². The predicted octanol–water partition coefficient (Wildman–Crippen LogP) is 1.92. The third-order valence-electron chi connectivity index (χ3n) is 4.89. The Morgan fingerprint density at radius 2 is 2.19 bits per heavy atom. The van der Waals surface area contributed by atoms with Gasteiger partial charge in [-0.05, 0) is 52.8 Å². The Morgan fingerprint density at radius 1 is 1.31 bits per heavy atom. The fourth-order valence-corrected chi connectivity index (χ4v) is 4.04. The highest BCUT2D eigenvalue weighted by Gasteiger charge is 2.31. The second kappa shape index (κ2) is 6.27. The molecule has 3 aliphatic rings. The number of carbonyl (C=O) groups excluding carboxylic acids is 1. The first kappa shape index (κ1) is 16.1. The number of carbonyl (C=O) groups is 1. The zero-order chi connectivity index (χ0) is 17.7. The van der Waals surface area contributed by atoms with Crippen LogP contribution < -0.4 is 10.2 Å². The molecule has 3 aliphatic heterocycles. The highest BCUT2D eigenvalue weighted by Crippen LogP contribution is 2.41. The Hall–Kier alpha value is -2.07. The first-order chi connectivity index (χ1) is 12.7. The Balaban J connectivity index is 1.47. The highest BCUT2D eigenvalue weighted by atomic mass is 127. The number of benzene rings is 1. The minimum absolute atomic E-state index is 0.0902. The molecule has 4 heterocycles. The van der Waals surface area contributed by atoms with Crippen molar-refractivity contribution in [3.05, 3.63) is 39.4 Å². The number of fused-ring (bicyclic) bond motifs is 2. The molecule has 1 aromatic heterocycles. The molecule has 26 heavy (non-hydrogen) atoms. The van der Waals surface area contributed by atoms with E-state index >= 15 is 0 Å². The van der Waals surface area contributed by atoms with Crippen molar-refractivity contribution in [1.82, 2.24) is 15.3 Å². The monoisotopic (exact) mass is 461 g/mol. The Labute approximate surface area is 164 Å². The summed E-state index contributed by atoms with van der Waals surface area (Å²) in [5, 5.41) is 2.95. The van der Waals surface area contributed by atoms with Crippen LogP contribution in [0.5, 0.6) is 0 Å².